The normalized spacial score (nSPS) is 19.0. The molecule has 7 nitrogen and oxygen atoms in total. The fourth-order valence-corrected chi connectivity index (χ4v) is 3.88. The van der Waals surface area contributed by atoms with Crippen molar-refractivity contribution in [3.8, 4) is 0 Å². The van der Waals surface area contributed by atoms with Crippen LogP contribution in [0.4, 0.5) is 11.8 Å². The van der Waals surface area contributed by atoms with Crippen molar-refractivity contribution in [1.82, 2.24) is 14.9 Å². The van der Waals surface area contributed by atoms with E-state index in [1.54, 1.807) is 12.1 Å². The predicted molar refractivity (Wildman–Crippen MR) is 104 cm³/mol. The fraction of sp³-hybridized carbons (Fsp3) is 0.550. The van der Waals surface area contributed by atoms with Gasteiger partial charge in [0.25, 0.3) is 5.91 Å². The first-order valence-electron chi connectivity index (χ1n) is 9.97. The van der Waals surface area contributed by atoms with Gasteiger partial charge in [-0.05, 0) is 31.0 Å². The Labute approximate surface area is 159 Å². The summed E-state index contributed by atoms with van der Waals surface area (Å²) in [7, 11) is 0. The Bertz CT molecular complexity index is 733. The molecule has 4 rings (SSSR count). The van der Waals surface area contributed by atoms with Crippen LogP contribution < -0.4 is 10.2 Å². The van der Waals surface area contributed by atoms with E-state index in [9.17, 15) is 4.79 Å². The molecule has 7 heteroatoms. The molecule has 2 aromatic heterocycles. The Morgan fingerprint density at radius 3 is 2.56 bits per heavy atom. The molecule has 2 aromatic rings. The molecular formula is C20H27N5O2. The molecule has 2 aliphatic rings. The maximum atomic E-state index is 12.4. The van der Waals surface area contributed by atoms with Crippen molar-refractivity contribution in [1.29, 1.82) is 0 Å². The molecular weight excluding hydrogens is 342 g/mol. The van der Waals surface area contributed by atoms with Crippen molar-refractivity contribution >= 4 is 17.7 Å². The molecule has 2 fully saturated rings. The molecule has 1 saturated carbocycles. The van der Waals surface area contributed by atoms with E-state index in [-0.39, 0.29) is 5.91 Å². The number of amides is 1. The topological polar surface area (TPSA) is 74.5 Å². The number of carbonyl (C=O) groups excluding carboxylic acids is 1. The lowest BCUT2D eigenvalue weighted by Crippen LogP contribution is -2.49. The van der Waals surface area contributed by atoms with Gasteiger partial charge in [-0.25, -0.2) is 4.98 Å². The third-order valence-electron chi connectivity index (χ3n) is 5.43. The first-order valence-corrected chi connectivity index (χ1v) is 9.97. The van der Waals surface area contributed by atoms with Gasteiger partial charge in [-0.1, -0.05) is 25.7 Å². The number of nitrogens with zero attached hydrogens (tertiary/aromatic N) is 4. The lowest BCUT2D eigenvalue weighted by Gasteiger charge is -2.34. The Kier molecular flexibility index (Phi) is 5.55. The highest BCUT2D eigenvalue weighted by Gasteiger charge is 2.25. The highest BCUT2D eigenvalue weighted by atomic mass is 16.3. The van der Waals surface area contributed by atoms with Gasteiger partial charge in [-0.15, -0.1) is 0 Å². The van der Waals surface area contributed by atoms with Gasteiger partial charge in [-0.3, -0.25) is 4.79 Å². The predicted octanol–water partition coefficient (Wildman–Crippen LogP) is 3.17. The summed E-state index contributed by atoms with van der Waals surface area (Å²) in [4.78, 5) is 25.5. The molecule has 0 atom stereocenters. The van der Waals surface area contributed by atoms with E-state index in [4.69, 9.17) is 9.40 Å². The molecule has 1 aliphatic carbocycles. The number of hydrogen-bond acceptors (Lipinski definition) is 6. The van der Waals surface area contributed by atoms with Crippen LogP contribution in [0.1, 0.15) is 49.1 Å². The number of anilines is 2. The van der Waals surface area contributed by atoms with E-state index in [1.807, 2.05) is 17.2 Å². The summed E-state index contributed by atoms with van der Waals surface area (Å²) in [5.74, 6) is 1.98. The molecule has 1 saturated heterocycles. The van der Waals surface area contributed by atoms with Crippen LogP contribution in [0.2, 0.25) is 0 Å². The third-order valence-corrected chi connectivity index (χ3v) is 5.43. The molecule has 1 aliphatic heterocycles. The van der Waals surface area contributed by atoms with Gasteiger partial charge >= 0.3 is 0 Å². The molecule has 144 valence electrons. The number of carbonyl (C=O) groups is 1. The molecule has 0 radical (unpaired) electrons. The third kappa shape index (κ3) is 4.40. The van der Waals surface area contributed by atoms with Crippen LogP contribution in [0.5, 0.6) is 0 Å². The van der Waals surface area contributed by atoms with Crippen molar-refractivity contribution in [2.24, 2.45) is 0 Å². The first kappa shape index (κ1) is 17.8. The maximum absolute atomic E-state index is 12.4. The smallest absolute Gasteiger partial charge is 0.289 e. The molecule has 0 aromatic carbocycles. The zero-order chi connectivity index (χ0) is 18.5. The maximum Gasteiger partial charge on any atom is 0.289 e. The zero-order valence-electron chi connectivity index (χ0n) is 15.6. The lowest BCUT2D eigenvalue weighted by molar-refractivity contribution is 0.0714. The fourth-order valence-electron chi connectivity index (χ4n) is 3.88. The zero-order valence-corrected chi connectivity index (χ0v) is 15.6. The van der Waals surface area contributed by atoms with Crippen LogP contribution in [0, 0.1) is 0 Å². The molecule has 27 heavy (non-hydrogen) atoms. The van der Waals surface area contributed by atoms with Crippen molar-refractivity contribution in [2.75, 3.05) is 36.4 Å². The largest absolute Gasteiger partial charge is 0.459 e. The van der Waals surface area contributed by atoms with Crippen molar-refractivity contribution < 1.29 is 9.21 Å². The number of nitrogens with one attached hydrogen (secondary N) is 1. The monoisotopic (exact) mass is 369 g/mol. The summed E-state index contributed by atoms with van der Waals surface area (Å²) in [6.45, 7) is 2.73. The number of rotatable bonds is 4. The van der Waals surface area contributed by atoms with Gasteiger partial charge in [0.1, 0.15) is 5.82 Å². The summed E-state index contributed by atoms with van der Waals surface area (Å²) >= 11 is 0. The molecule has 0 unspecified atom stereocenters. The van der Waals surface area contributed by atoms with Gasteiger partial charge in [0.05, 0.1) is 6.26 Å². The number of piperazine rings is 1. The van der Waals surface area contributed by atoms with Crippen LogP contribution in [-0.4, -0.2) is 53.0 Å². The van der Waals surface area contributed by atoms with Crippen molar-refractivity contribution in [3.63, 3.8) is 0 Å². The van der Waals surface area contributed by atoms with Gasteiger partial charge in [-0.2, -0.15) is 4.98 Å². The Morgan fingerprint density at radius 1 is 1.07 bits per heavy atom. The van der Waals surface area contributed by atoms with E-state index in [0.717, 1.165) is 24.9 Å². The average Bonchev–Trinajstić information content (AvgIpc) is 3.13. The Morgan fingerprint density at radius 2 is 1.85 bits per heavy atom. The van der Waals surface area contributed by atoms with Crippen LogP contribution in [-0.2, 0) is 0 Å². The quantitative estimate of drug-likeness (QED) is 0.835. The van der Waals surface area contributed by atoms with Crippen LogP contribution in [0.25, 0.3) is 0 Å². The minimum absolute atomic E-state index is 0.0515. The number of furan rings is 1. The summed E-state index contributed by atoms with van der Waals surface area (Å²) in [5.41, 5.74) is 0. The van der Waals surface area contributed by atoms with Crippen LogP contribution in [0.3, 0.4) is 0 Å². The van der Waals surface area contributed by atoms with Crippen molar-refractivity contribution in [3.05, 3.63) is 36.4 Å². The molecule has 0 spiro atoms. The minimum atomic E-state index is -0.0515. The Hall–Kier alpha value is -2.57. The number of aromatic nitrogens is 2. The van der Waals surface area contributed by atoms with E-state index in [0.29, 0.717) is 24.9 Å². The number of hydrogen-bond donors (Lipinski definition) is 1. The van der Waals surface area contributed by atoms with Crippen LogP contribution >= 0.6 is 0 Å². The summed E-state index contributed by atoms with van der Waals surface area (Å²) in [6.07, 6.45) is 11.1. The van der Waals surface area contributed by atoms with Crippen LogP contribution in [0.15, 0.2) is 35.1 Å². The van der Waals surface area contributed by atoms with E-state index in [1.165, 1.54) is 44.8 Å². The second-order valence-electron chi connectivity index (χ2n) is 7.33. The SMILES string of the molecule is O=C(c1ccco1)N1CCN(c2nccc(NC3CCCCCC3)n2)CC1. The van der Waals surface area contributed by atoms with E-state index in [2.05, 4.69) is 15.2 Å². The van der Waals surface area contributed by atoms with Gasteiger partial charge in [0.2, 0.25) is 5.95 Å². The van der Waals surface area contributed by atoms with Gasteiger partial charge in [0, 0.05) is 38.4 Å². The molecule has 3 heterocycles. The first-order chi connectivity index (χ1) is 13.3. The molecule has 1 amide bonds. The van der Waals surface area contributed by atoms with Crippen molar-refractivity contribution in [2.45, 2.75) is 44.6 Å². The van der Waals surface area contributed by atoms with Gasteiger partial charge in [0.15, 0.2) is 5.76 Å². The second-order valence-corrected chi connectivity index (χ2v) is 7.33. The molecule has 1 N–H and O–H groups in total. The summed E-state index contributed by atoms with van der Waals surface area (Å²) < 4.78 is 5.22. The summed E-state index contributed by atoms with van der Waals surface area (Å²) in [5, 5.41) is 3.59. The minimum Gasteiger partial charge on any atom is -0.459 e. The van der Waals surface area contributed by atoms with Gasteiger partial charge < -0.3 is 19.5 Å². The Balaban J connectivity index is 1.35. The second kappa shape index (κ2) is 8.41. The molecule has 0 bridgehead atoms. The van der Waals surface area contributed by atoms with E-state index >= 15 is 0 Å². The van der Waals surface area contributed by atoms with E-state index < -0.39 is 0 Å². The average molecular weight is 369 g/mol. The highest BCUT2D eigenvalue weighted by molar-refractivity contribution is 5.91. The standard InChI is InChI=1S/C20H27N5O2/c26-19(17-8-5-15-27-17)24-11-13-25(14-12-24)20-21-10-9-18(23-20)22-16-6-3-1-2-4-7-16/h5,8-10,15-16H,1-4,6-7,11-14H2,(H,21,22,23). The highest BCUT2D eigenvalue weighted by Crippen LogP contribution is 2.21. The summed E-state index contributed by atoms with van der Waals surface area (Å²) in [6, 6.07) is 5.91. The lowest BCUT2D eigenvalue weighted by atomic mass is 10.1.